The van der Waals surface area contributed by atoms with Gasteiger partial charge in [0.2, 0.25) is 0 Å². The topological polar surface area (TPSA) is 12.9 Å². The molecule has 0 aliphatic heterocycles. The van der Waals surface area contributed by atoms with Crippen molar-refractivity contribution >= 4 is 11.6 Å². The second-order valence-corrected chi connectivity index (χ2v) is 6.04. The molecule has 1 saturated carbocycles. The van der Waals surface area contributed by atoms with Crippen LogP contribution in [0.15, 0.2) is 24.5 Å². The summed E-state index contributed by atoms with van der Waals surface area (Å²) in [6.45, 7) is 4.59. The summed E-state index contributed by atoms with van der Waals surface area (Å²) in [6.07, 6.45) is 9.00. The summed E-state index contributed by atoms with van der Waals surface area (Å²) in [6, 6.07) is 4.18. The molecular formula is C15H22ClN. The van der Waals surface area contributed by atoms with Gasteiger partial charge in [-0.25, -0.2) is 0 Å². The average Bonchev–Trinajstić information content (AvgIpc) is 2.39. The Morgan fingerprint density at radius 2 is 1.76 bits per heavy atom. The van der Waals surface area contributed by atoms with Crippen LogP contribution < -0.4 is 0 Å². The van der Waals surface area contributed by atoms with Crippen LogP contribution in [0, 0.1) is 11.8 Å². The Morgan fingerprint density at radius 1 is 1.18 bits per heavy atom. The normalized spacial score (nSPS) is 28.6. The molecule has 2 rings (SSSR count). The van der Waals surface area contributed by atoms with Crippen molar-refractivity contribution in [3.8, 4) is 0 Å². The predicted octanol–water partition coefficient (Wildman–Crippen LogP) is 4.62. The maximum absolute atomic E-state index is 6.67. The highest BCUT2D eigenvalue weighted by Gasteiger charge is 2.28. The van der Waals surface area contributed by atoms with Gasteiger partial charge in [-0.3, -0.25) is 4.98 Å². The molecule has 1 aliphatic carbocycles. The molecule has 0 saturated heterocycles. The molecule has 1 fully saturated rings. The number of halogens is 1. The molecule has 1 heterocycles. The molecule has 2 heteroatoms. The Balaban J connectivity index is 1.98. The van der Waals surface area contributed by atoms with Gasteiger partial charge < -0.3 is 0 Å². The first-order valence-electron chi connectivity index (χ1n) is 6.72. The SMILES string of the molecule is CC1CCC(C(Cl)C(C)c2ccncc2)CC1. The molecule has 17 heavy (non-hydrogen) atoms. The zero-order chi connectivity index (χ0) is 12.3. The molecule has 1 aromatic heterocycles. The van der Waals surface area contributed by atoms with Gasteiger partial charge in [-0.1, -0.05) is 26.7 Å². The van der Waals surface area contributed by atoms with E-state index in [4.69, 9.17) is 11.6 Å². The quantitative estimate of drug-likeness (QED) is 0.715. The third kappa shape index (κ3) is 3.22. The lowest BCUT2D eigenvalue weighted by Crippen LogP contribution is -2.25. The highest BCUT2D eigenvalue weighted by molar-refractivity contribution is 6.21. The van der Waals surface area contributed by atoms with Crippen LogP contribution in [0.2, 0.25) is 0 Å². The minimum atomic E-state index is 0.268. The van der Waals surface area contributed by atoms with Gasteiger partial charge in [0.15, 0.2) is 0 Å². The van der Waals surface area contributed by atoms with Gasteiger partial charge >= 0.3 is 0 Å². The zero-order valence-electron chi connectivity index (χ0n) is 10.8. The minimum Gasteiger partial charge on any atom is -0.265 e. The smallest absolute Gasteiger partial charge is 0.0430 e. The molecule has 0 radical (unpaired) electrons. The fraction of sp³-hybridized carbons (Fsp3) is 0.667. The summed E-state index contributed by atoms with van der Waals surface area (Å²) >= 11 is 6.67. The molecule has 2 unspecified atom stereocenters. The summed E-state index contributed by atoms with van der Waals surface area (Å²) < 4.78 is 0. The molecule has 0 N–H and O–H groups in total. The van der Waals surface area contributed by atoms with Gasteiger partial charge in [-0.05, 0) is 48.3 Å². The first-order valence-corrected chi connectivity index (χ1v) is 7.16. The maximum Gasteiger partial charge on any atom is 0.0430 e. The molecule has 1 aromatic rings. The van der Waals surface area contributed by atoms with Crippen LogP contribution in [-0.4, -0.2) is 10.4 Å². The van der Waals surface area contributed by atoms with Gasteiger partial charge in [0.25, 0.3) is 0 Å². The Bertz CT molecular complexity index is 330. The van der Waals surface area contributed by atoms with E-state index in [0.29, 0.717) is 11.8 Å². The number of nitrogens with zero attached hydrogens (tertiary/aromatic N) is 1. The number of hydrogen-bond donors (Lipinski definition) is 0. The van der Waals surface area contributed by atoms with E-state index in [0.717, 1.165) is 5.92 Å². The molecule has 0 amide bonds. The van der Waals surface area contributed by atoms with E-state index in [9.17, 15) is 0 Å². The molecular weight excluding hydrogens is 230 g/mol. The van der Waals surface area contributed by atoms with Crippen LogP contribution in [-0.2, 0) is 0 Å². The zero-order valence-corrected chi connectivity index (χ0v) is 11.5. The number of hydrogen-bond acceptors (Lipinski definition) is 1. The van der Waals surface area contributed by atoms with Crippen molar-refractivity contribution in [2.45, 2.75) is 50.8 Å². The summed E-state index contributed by atoms with van der Waals surface area (Å²) in [4.78, 5) is 4.07. The van der Waals surface area contributed by atoms with Crippen molar-refractivity contribution in [2.24, 2.45) is 11.8 Å². The fourth-order valence-electron chi connectivity index (χ4n) is 2.86. The summed E-state index contributed by atoms with van der Waals surface area (Å²) in [5.74, 6) is 2.01. The van der Waals surface area contributed by atoms with Crippen LogP contribution in [0.1, 0.15) is 51.0 Å². The van der Waals surface area contributed by atoms with Crippen LogP contribution >= 0.6 is 11.6 Å². The molecule has 94 valence electrons. The maximum atomic E-state index is 6.67. The van der Waals surface area contributed by atoms with Crippen molar-refractivity contribution < 1.29 is 0 Å². The minimum absolute atomic E-state index is 0.268. The predicted molar refractivity (Wildman–Crippen MR) is 73.4 cm³/mol. The largest absolute Gasteiger partial charge is 0.265 e. The van der Waals surface area contributed by atoms with Crippen molar-refractivity contribution in [1.82, 2.24) is 4.98 Å². The van der Waals surface area contributed by atoms with E-state index < -0.39 is 0 Å². The standard InChI is InChI=1S/C15H22ClN/c1-11-3-5-14(6-4-11)15(16)12(2)13-7-9-17-10-8-13/h7-12,14-15H,3-6H2,1-2H3. The van der Waals surface area contributed by atoms with E-state index in [2.05, 4.69) is 31.0 Å². The van der Waals surface area contributed by atoms with Crippen LogP contribution in [0.3, 0.4) is 0 Å². The highest BCUT2D eigenvalue weighted by atomic mass is 35.5. The molecule has 0 bridgehead atoms. The first kappa shape index (κ1) is 12.9. The average molecular weight is 252 g/mol. The van der Waals surface area contributed by atoms with Crippen molar-refractivity contribution in [1.29, 1.82) is 0 Å². The number of pyridine rings is 1. The molecule has 2 atom stereocenters. The Hall–Kier alpha value is -0.560. The van der Waals surface area contributed by atoms with Crippen LogP contribution in [0.4, 0.5) is 0 Å². The summed E-state index contributed by atoms with van der Waals surface area (Å²) in [5, 5.41) is 0.268. The summed E-state index contributed by atoms with van der Waals surface area (Å²) in [7, 11) is 0. The molecule has 1 aliphatic rings. The van der Waals surface area contributed by atoms with Gasteiger partial charge in [-0.2, -0.15) is 0 Å². The molecule has 1 nitrogen and oxygen atoms in total. The van der Waals surface area contributed by atoms with E-state index in [1.807, 2.05) is 12.4 Å². The van der Waals surface area contributed by atoms with Crippen LogP contribution in [0.25, 0.3) is 0 Å². The first-order chi connectivity index (χ1) is 8.18. The van der Waals surface area contributed by atoms with Crippen molar-refractivity contribution in [3.63, 3.8) is 0 Å². The van der Waals surface area contributed by atoms with E-state index in [1.54, 1.807) is 0 Å². The second kappa shape index (κ2) is 5.86. The Labute approximate surface area is 110 Å². The van der Waals surface area contributed by atoms with Gasteiger partial charge in [0.1, 0.15) is 0 Å². The lowest BCUT2D eigenvalue weighted by atomic mass is 9.77. The van der Waals surface area contributed by atoms with E-state index in [1.165, 1.54) is 31.2 Å². The van der Waals surface area contributed by atoms with Crippen molar-refractivity contribution in [3.05, 3.63) is 30.1 Å². The third-order valence-electron chi connectivity index (χ3n) is 4.22. The lowest BCUT2D eigenvalue weighted by molar-refractivity contribution is 0.271. The highest BCUT2D eigenvalue weighted by Crippen LogP contribution is 2.38. The molecule has 0 aromatic carbocycles. The van der Waals surface area contributed by atoms with Gasteiger partial charge in [0.05, 0.1) is 0 Å². The van der Waals surface area contributed by atoms with E-state index >= 15 is 0 Å². The van der Waals surface area contributed by atoms with Gasteiger partial charge in [-0.15, -0.1) is 11.6 Å². The number of alkyl halides is 1. The third-order valence-corrected chi connectivity index (χ3v) is 4.95. The summed E-state index contributed by atoms with van der Waals surface area (Å²) in [5.41, 5.74) is 1.32. The second-order valence-electron chi connectivity index (χ2n) is 5.53. The number of rotatable bonds is 3. The van der Waals surface area contributed by atoms with Crippen LogP contribution in [0.5, 0.6) is 0 Å². The van der Waals surface area contributed by atoms with Crippen molar-refractivity contribution in [2.75, 3.05) is 0 Å². The monoisotopic (exact) mass is 251 g/mol. The van der Waals surface area contributed by atoms with E-state index in [-0.39, 0.29) is 5.38 Å². The molecule has 0 spiro atoms. The Morgan fingerprint density at radius 3 is 2.35 bits per heavy atom. The Kier molecular flexibility index (Phi) is 4.44. The lowest BCUT2D eigenvalue weighted by Gasteiger charge is -2.32. The fourth-order valence-corrected chi connectivity index (χ4v) is 3.26. The van der Waals surface area contributed by atoms with Gasteiger partial charge in [0, 0.05) is 17.8 Å². The number of aromatic nitrogens is 1.